The highest BCUT2D eigenvalue weighted by molar-refractivity contribution is 7.92. The van der Waals surface area contributed by atoms with Crippen molar-refractivity contribution in [1.29, 1.82) is 0 Å². The number of nitrogens with zero attached hydrogens (tertiary/aromatic N) is 2. The maximum absolute atomic E-state index is 14.1. The second-order valence-electron chi connectivity index (χ2n) is 8.99. The van der Waals surface area contributed by atoms with Crippen molar-refractivity contribution in [2.75, 3.05) is 17.4 Å². The number of benzene rings is 3. The molecule has 0 heterocycles. The molecule has 0 aliphatic rings. The van der Waals surface area contributed by atoms with Crippen molar-refractivity contribution >= 4 is 73.9 Å². The van der Waals surface area contributed by atoms with Crippen molar-refractivity contribution in [3.8, 4) is 0 Å². The number of amides is 2. The van der Waals surface area contributed by atoms with Gasteiger partial charge in [-0.25, -0.2) is 8.42 Å². The average Bonchev–Trinajstić information content (AvgIpc) is 2.88. The number of hydrogen-bond donors (Lipinski definition) is 1. The molecule has 40 heavy (non-hydrogen) atoms. The number of carbonyl (C=O) groups is 2. The van der Waals surface area contributed by atoms with E-state index in [0.717, 1.165) is 9.87 Å². The van der Waals surface area contributed by atoms with E-state index in [0.29, 0.717) is 22.2 Å². The minimum absolute atomic E-state index is 0.0292. The van der Waals surface area contributed by atoms with Crippen LogP contribution in [0.15, 0.2) is 65.6 Å². The summed E-state index contributed by atoms with van der Waals surface area (Å²) in [4.78, 5) is 28.4. The van der Waals surface area contributed by atoms with E-state index in [9.17, 15) is 18.0 Å². The molecule has 12 heteroatoms. The molecule has 0 aliphatic heterocycles. The Morgan fingerprint density at radius 2 is 1.48 bits per heavy atom. The van der Waals surface area contributed by atoms with Gasteiger partial charge in [-0.1, -0.05) is 77.1 Å². The van der Waals surface area contributed by atoms with E-state index in [1.807, 2.05) is 6.92 Å². The summed E-state index contributed by atoms with van der Waals surface area (Å²) in [6.45, 7) is 4.93. The molecular formula is C28H29Cl4N3O4S. The molecule has 7 nitrogen and oxygen atoms in total. The molecule has 1 atom stereocenters. The van der Waals surface area contributed by atoms with Gasteiger partial charge in [0.15, 0.2) is 0 Å². The van der Waals surface area contributed by atoms with Crippen LogP contribution in [-0.4, -0.2) is 44.3 Å². The zero-order chi connectivity index (χ0) is 29.6. The average molecular weight is 645 g/mol. The van der Waals surface area contributed by atoms with Crippen LogP contribution in [-0.2, 0) is 26.2 Å². The van der Waals surface area contributed by atoms with Gasteiger partial charge < -0.3 is 10.2 Å². The highest BCUT2D eigenvalue weighted by atomic mass is 35.5. The lowest BCUT2D eigenvalue weighted by atomic mass is 10.1. The third-order valence-electron chi connectivity index (χ3n) is 6.15. The van der Waals surface area contributed by atoms with Crippen LogP contribution in [0, 0.1) is 6.92 Å². The molecule has 0 bridgehead atoms. The maximum atomic E-state index is 14.1. The summed E-state index contributed by atoms with van der Waals surface area (Å²) in [6.07, 6.45) is 0.257. The zero-order valence-corrected chi connectivity index (χ0v) is 26.0. The largest absolute Gasteiger partial charge is 0.355 e. The lowest BCUT2D eigenvalue weighted by Crippen LogP contribution is -2.52. The Labute approximate surface area is 255 Å². The fraction of sp³-hybridized carbons (Fsp3) is 0.286. The summed E-state index contributed by atoms with van der Waals surface area (Å²) < 4.78 is 28.8. The van der Waals surface area contributed by atoms with Crippen LogP contribution < -0.4 is 9.62 Å². The smallest absolute Gasteiger partial charge is 0.264 e. The number of likely N-dealkylation sites (N-methyl/N-ethyl adjacent to an activating group) is 1. The summed E-state index contributed by atoms with van der Waals surface area (Å²) in [6, 6.07) is 14.5. The number of nitrogens with one attached hydrogen (secondary N) is 1. The predicted molar refractivity (Wildman–Crippen MR) is 162 cm³/mol. The van der Waals surface area contributed by atoms with Gasteiger partial charge in [0, 0.05) is 38.7 Å². The third-order valence-corrected chi connectivity index (χ3v) is 9.08. The maximum Gasteiger partial charge on any atom is 0.264 e. The Kier molecular flexibility index (Phi) is 11.1. The molecule has 0 spiro atoms. The predicted octanol–water partition coefficient (Wildman–Crippen LogP) is 6.75. The summed E-state index contributed by atoms with van der Waals surface area (Å²) >= 11 is 25.3. The second-order valence-corrected chi connectivity index (χ2v) is 12.5. The van der Waals surface area contributed by atoms with Gasteiger partial charge in [-0.2, -0.15) is 0 Å². The minimum Gasteiger partial charge on any atom is -0.355 e. The summed E-state index contributed by atoms with van der Waals surface area (Å²) in [5.74, 6) is -1.04. The number of aryl methyl sites for hydroxylation is 1. The first-order valence-electron chi connectivity index (χ1n) is 12.4. The van der Waals surface area contributed by atoms with Crippen molar-refractivity contribution in [3.63, 3.8) is 0 Å². The van der Waals surface area contributed by atoms with Gasteiger partial charge in [-0.3, -0.25) is 13.9 Å². The van der Waals surface area contributed by atoms with Crippen LogP contribution in [0.3, 0.4) is 0 Å². The lowest BCUT2D eigenvalue weighted by Gasteiger charge is -2.33. The fourth-order valence-corrected chi connectivity index (χ4v) is 6.54. The zero-order valence-electron chi connectivity index (χ0n) is 22.1. The van der Waals surface area contributed by atoms with Crippen molar-refractivity contribution in [1.82, 2.24) is 10.2 Å². The van der Waals surface area contributed by atoms with E-state index in [1.165, 1.54) is 35.2 Å². The molecule has 3 aromatic rings. The molecule has 1 N–H and O–H groups in total. The standard InChI is InChI=1S/C28H29Cl4N3O4S/c1-4-26(28(37)33-5-2)34(16-23-24(31)7-6-8-25(23)32)27(36)17-35(21-14-19(29)13-20(30)15-21)40(38,39)22-11-9-18(3)10-12-22/h6-15,26H,4-5,16-17H2,1-3H3,(H,33,37)/t26-/m1/s1. The van der Waals surface area contributed by atoms with E-state index in [-0.39, 0.29) is 39.5 Å². The molecule has 0 radical (unpaired) electrons. The van der Waals surface area contributed by atoms with Crippen LogP contribution in [0.4, 0.5) is 5.69 Å². The van der Waals surface area contributed by atoms with Crippen LogP contribution >= 0.6 is 46.4 Å². The Morgan fingerprint density at radius 1 is 0.900 bits per heavy atom. The Bertz CT molecular complexity index is 1440. The fourth-order valence-electron chi connectivity index (χ4n) is 4.11. The molecule has 0 unspecified atom stereocenters. The van der Waals surface area contributed by atoms with E-state index in [2.05, 4.69) is 5.32 Å². The second kappa shape index (κ2) is 13.9. The van der Waals surface area contributed by atoms with Gasteiger partial charge in [0.2, 0.25) is 11.8 Å². The van der Waals surface area contributed by atoms with Crippen molar-refractivity contribution in [2.24, 2.45) is 0 Å². The van der Waals surface area contributed by atoms with E-state index in [1.54, 1.807) is 44.2 Å². The number of halogens is 4. The number of carbonyl (C=O) groups excluding carboxylic acids is 2. The van der Waals surface area contributed by atoms with Crippen molar-refractivity contribution < 1.29 is 18.0 Å². The first kappa shape index (κ1) is 32.0. The lowest BCUT2D eigenvalue weighted by molar-refractivity contribution is -0.140. The molecule has 0 aliphatic carbocycles. The van der Waals surface area contributed by atoms with E-state index in [4.69, 9.17) is 46.4 Å². The molecule has 0 saturated carbocycles. The monoisotopic (exact) mass is 643 g/mol. The molecule has 214 valence electrons. The highest BCUT2D eigenvalue weighted by Crippen LogP contribution is 2.31. The Morgan fingerprint density at radius 3 is 2.00 bits per heavy atom. The number of hydrogen-bond acceptors (Lipinski definition) is 4. The van der Waals surface area contributed by atoms with Crippen LogP contribution in [0.5, 0.6) is 0 Å². The topological polar surface area (TPSA) is 86.8 Å². The first-order valence-corrected chi connectivity index (χ1v) is 15.4. The molecule has 0 aromatic heterocycles. The Balaban J connectivity index is 2.13. The van der Waals surface area contributed by atoms with Gasteiger partial charge in [-0.15, -0.1) is 0 Å². The van der Waals surface area contributed by atoms with Crippen molar-refractivity contribution in [2.45, 2.75) is 44.7 Å². The van der Waals surface area contributed by atoms with Crippen LogP contribution in [0.1, 0.15) is 31.4 Å². The first-order chi connectivity index (χ1) is 18.9. The van der Waals surface area contributed by atoms with Crippen LogP contribution in [0.25, 0.3) is 0 Å². The normalized spacial score (nSPS) is 12.1. The Hall–Kier alpha value is -2.49. The SMILES string of the molecule is CCNC(=O)[C@@H](CC)N(Cc1c(Cl)cccc1Cl)C(=O)CN(c1cc(Cl)cc(Cl)c1)S(=O)(=O)c1ccc(C)cc1. The summed E-state index contributed by atoms with van der Waals surface area (Å²) in [7, 11) is -4.27. The highest BCUT2D eigenvalue weighted by Gasteiger charge is 2.34. The number of sulfonamides is 1. The van der Waals surface area contributed by atoms with Crippen molar-refractivity contribution in [3.05, 3.63) is 91.9 Å². The molecule has 0 fully saturated rings. The molecule has 0 saturated heterocycles. The van der Waals surface area contributed by atoms with E-state index < -0.39 is 28.5 Å². The summed E-state index contributed by atoms with van der Waals surface area (Å²) in [5.41, 5.74) is 1.39. The molecule has 2 amide bonds. The van der Waals surface area contributed by atoms with Gasteiger partial charge >= 0.3 is 0 Å². The minimum atomic E-state index is -4.27. The summed E-state index contributed by atoms with van der Waals surface area (Å²) in [5, 5.41) is 3.73. The molecule has 3 rings (SSSR count). The van der Waals surface area contributed by atoms with Crippen LogP contribution in [0.2, 0.25) is 20.1 Å². The quantitative estimate of drug-likeness (QED) is 0.250. The molecular weight excluding hydrogens is 616 g/mol. The van der Waals surface area contributed by atoms with Gasteiger partial charge in [0.25, 0.3) is 10.0 Å². The number of rotatable bonds is 11. The van der Waals surface area contributed by atoms with Gasteiger partial charge in [-0.05, 0) is 62.7 Å². The third kappa shape index (κ3) is 7.62. The van der Waals surface area contributed by atoms with E-state index >= 15 is 0 Å². The number of anilines is 1. The molecule has 3 aromatic carbocycles. The van der Waals surface area contributed by atoms with Gasteiger partial charge in [0.05, 0.1) is 10.6 Å². The van der Waals surface area contributed by atoms with Gasteiger partial charge in [0.1, 0.15) is 12.6 Å².